The van der Waals surface area contributed by atoms with E-state index in [4.69, 9.17) is 9.47 Å². The zero-order valence-electron chi connectivity index (χ0n) is 34.5. The van der Waals surface area contributed by atoms with E-state index in [0.717, 1.165) is 38.5 Å². The van der Waals surface area contributed by atoms with Gasteiger partial charge in [0, 0.05) is 0 Å². The molecule has 9 atom stereocenters. The normalized spacial score (nSPS) is 22.6. The van der Waals surface area contributed by atoms with E-state index in [1.807, 2.05) is 0 Å². The number of rotatable bonds is 37. The van der Waals surface area contributed by atoms with Gasteiger partial charge in [-0.05, 0) is 12.8 Å². The minimum atomic E-state index is -1.65. The van der Waals surface area contributed by atoms with Gasteiger partial charge in [0.15, 0.2) is 6.29 Å². The molecule has 0 bridgehead atoms. The Balaban J connectivity index is 2.48. The molecule has 11 nitrogen and oxygen atoms in total. The second kappa shape index (κ2) is 34.2. The van der Waals surface area contributed by atoms with E-state index in [9.17, 15) is 40.5 Å². The SMILES string of the molecule is CCCCCCCCCCCCCCCCC(O)C(O)C(COC1OC(CO)C(O)C(O)C1O)NC(=O)C(O)CCCCCCCCCCCCCCC. The summed E-state index contributed by atoms with van der Waals surface area (Å²) in [5.74, 6) is -0.695. The minimum absolute atomic E-state index is 0.265. The number of aliphatic hydroxyl groups is 7. The fourth-order valence-corrected chi connectivity index (χ4v) is 7.38. The van der Waals surface area contributed by atoms with Crippen molar-refractivity contribution in [3.05, 3.63) is 0 Å². The van der Waals surface area contributed by atoms with Crippen LogP contribution in [0.25, 0.3) is 0 Å². The van der Waals surface area contributed by atoms with E-state index in [2.05, 4.69) is 19.2 Å². The highest BCUT2D eigenvalue weighted by Crippen LogP contribution is 2.23. The number of ether oxygens (including phenoxy) is 2. The van der Waals surface area contributed by atoms with Crippen LogP contribution in [0.5, 0.6) is 0 Å². The highest BCUT2D eigenvalue weighted by atomic mass is 16.7. The predicted octanol–water partition coefficient (Wildman–Crippen LogP) is 6.72. The van der Waals surface area contributed by atoms with Crippen molar-refractivity contribution >= 4 is 5.91 Å². The van der Waals surface area contributed by atoms with Crippen molar-refractivity contribution in [2.24, 2.45) is 0 Å². The second-order valence-corrected chi connectivity index (χ2v) is 16.1. The van der Waals surface area contributed by atoms with Crippen LogP contribution in [0.1, 0.15) is 200 Å². The molecule has 0 spiro atoms. The van der Waals surface area contributed by atoms with Crippen molar-refractivity contribution in [2.75, 3.05) is 13.2 Å². The summed E-state index contributed by atoms with van der Waals surface area (Å²) < 4.78 is 11.1. The Kier molecular flexibility index (Phi) is 32.4. The van der Waals surface area contributed by atoms with Gasteiger partial charge < -0.3 is 50.5 Å². The van der Waals surface area contributed by atoms with Gasteiger partial charge in [-0.3, -0.25) is 4.79 Å². The maximum atomic E-state index is 13.0. The summed E-state index contributed by atoms with van der Waals surface area (Å²) >= 11 is 0. The molecule has 54 heavy (non-hydrogen) atoms. The Labute approximate surface area is 329 Å². The van der Waals surface area contributed by atoms with E-state index < -0.39 is 74.2 Å². The summed E-state index contributed by atoms with van der Waals surface area (Å²) in [5, 5.41) is 75.5. The third kappa shape index (κ3) is 24.0. The molecule has 1 heterocycles. The lowest BCUT2D eigenvalue weighted by atomic mass is 9.98. The first kappa shape index (κ1) is 51.1. The average molecular weight is 776 g/mol. The zero-order valence-corrected chi connectivity index (χ0v) is 34.5. The predicted molar refractivity (Wildman–Crippen MR) is 215 cm³/mol. The van der Waals surface area contributed by atoms with Crippen LogP contribution in [0.2, 0.25) is 0 Å². The molecule has 1 fully saturated rings. The van der Waals surface area contributed by atoms with Crippen LogP contribution >= 0.6 is 0 Å². The number of nitrogens with one attached hydrogen (secondary N) is 1. The monoisotopic (exact) mass is 776 g/mol. The largest absolute Gasteiger partial charge is 0.394 e. The molecular formula is C43H85NO10. The summed E-state index contributed by atoms with van der Waals surface area (Å²) in [6, 6.07) is -1.16. The van der Waals surface area contributed by atoms with Gasteiger partial charge in [-0.25, -0.2) is 0 Å². The quantitative estimate of drug-likeness (QED) is 0.0315. The van der Waals surface area contributed by atoms with Crippen LogP contribution in [0.3, 0.4) is 0 Å². The first-order valence-electron chi connectivity index (χ1n) is 22.4. The van der Waals surface area contributed by atoms with Crippen molar-refractivity contribution in [2.45, 2.75) is 255 Å². The number of amides is 1. The number of carbonyl (C=O) groups is 1. The van der Waals surface area contributed by atoms with Gasteiger partial charge in [0.1, 0.15) is 36.6 Å². The first-order chi connectivity index (χ1) is 26.2. The first-order valence-corrected chi connectivity index (χ1v) is 22.4. The van der Waals surface area contributed by atoms with E-state index in [-0.39, 0.29) is 6.42 Å². The van der Waals surface area contributed by atoms with Crippen molar-refractivity contribution in [3.8, 4) is 0 Å². The summed E-state index contributed by atoms with van der Waals surface area (Å²) in [4.78, 5) is 13.0. The molecule has 0 aromatic heterocycles. The van der Waals surface area contributed by atoms with E-state index in [0.29, 0.717) is 19.3 Å². The van der Waals surface area contributed by atoms with Gasteiger partial charge in [-0.2, -0.15) is 0 Å². The fraction of sp³-hybridized carbons (Fsp3) is 0.977. The molecule has 1 saturated heterocycles. The highest BCUT2D eigenvalue weighted by Gasteiger charge is 2.44. The van der Waals surface area contributed by atoms with E-state index >= 15 is 0 Å². The van der Waals surface area contributed by atoms with Gasteiger partial charge in [0.05, 0.1) is 25.4 Å². The van der Waals surface area contributed by atoms with Gasteiger partial charge in [-0.1, -0.05) is 187 Å². The Hall–Kier alpha value is -0.890. The molecule has 0 aliphatic carbocycles. The number of aliphatic hydroxyl groups excluding tert-OH is 7. The number of hydrogen-bond donors (Lipinski definition) is 8. The molecule has 322 valence electrons. The molecule has 11 heteroatoms. The second-order valence-electron chi connectivity index (χ2n) is 16.1. The fourth-order valence-electron chi connectivity index (χ4n) is 7.38. The zero-order chi connectivity index (χ0) is 39.8. The van der Waals surface area contributed by atoms with Crippen molar-refractivity contribution in [3.63, 3.8) is 0 Å². The Morgan fingerprint density at radius 2 is 0.963 bits per heavy atom. The van der Waals surface area contributed by atoms with Crippen molar-refractivity contribution < 1.29 is 50.0 Å². The molecule has 0 aromatic rings. The maximum Gasteiger partial charge on any atom is 0.249 e. The van der Waals surface area contributed by atoms with Crippen LogP contribution in [0.15, 0.2) is 0 Å². The standard InChI is InChI=1S/C43H85NO10/c1-3-5-7-9-11-13-15-17-19-20-22-24-26-28-30-35(46)38(48)34(33-53-43-41(51)40(50)39(49)37(32-45)54-43)44-42(52)36(47)31-29-27-25-23-21-18-16-14-12-10-8-6-4-2/h34-41,43,45-51H,3-33H2,1-2H3,(H,44,52). The molecule has 1 amide bonds. The topological polar surface area (TPSA) is 189 Å². The van der Waals surface area contributed by atoms with Crippen molar-refractivity contribution in [1.82, 2.24) is 5.32 Å². The van der Waals surface area contributed by atoms with Crippen molar-refractivity contribution in [1.29, 1.82) is 0 Å². The lowest BCUT2D eigenvalue weighted by molar-refractivity contribution is -0.303. The highest BCUT2D eigenvalue weighted by molar-refractivity contribution is 5.80. The smallest absolute Gasteiger partial charge is 0.249 e. The third-order valence-corrected chi connectivity index (χ3v) is 11.2. The molecule has 0 aromatic carbocycles. The third-order valence-electron chi connectivity index (χ3n) is 11.2. The molecule has 0 saturated carbocycles. The Bertz CT molecular complexity index is 851. The Morgan fingerprint density at radius 3 is 1.37 bits per heavy atom. The molecule has 1 rings (SSSR count). The van der Waals surface area contributed by atoms with E-state index in [1.165, 1.54) is 122 Å². The van der Waals surface area contributed by atoms with Gasteiger partial charge in [0.2, 0.25) is 5.91 Å². The van der Waals surface area contributed by atoms with Gasteiger partial charge in [-0.15, -0.1) is 0 Å². The summed E-state index contributed by atoms with van der Waals surface area (Å²) in [7, 11) is 0. The number of hydrogen-bond acceptors (Lipinski definition) is 10. The van der Waals surface area contributed by atoms with Gasteiger partial charge in [0.25, 0.3) is 0 Å². The average Bonchev–Trinajstić information content (AvgIpc) is 3.17. The van der Waals surface area contributed by atoms with Crippen LogP contribution in [0, 0.1) is 0 Å². The van der Waals surface area contributed by atoms with Crippen LogP contribution in [-0.2, 0) is 14.3 Å². The maximum absolute atomic E-state index is 13.0. The van der Waals surface area contributed by atoms with Crippen LogP contribution in [-0.4, -0.2) is 110 Å². The molecule has 9 unspecified atom stereocenters. The molecule has 0 radical (unpaired) electrons. The lowest BCUT2D eigenvalue weighted by Gasteiger charge is -2.40. The summed E-state index contributed by atoms with van der Waals surface area (Å²) in [6.45, 7) is 3.43. The number of unbranched alkanes of at least 4 members (excludes halogenated alkanes) is 25. The molecule has 1 aliphatic rings. The van der Waals surface area contributed by atoms with E-state index in [1.54, 1.807) is 0 Å². The molecule has 8 N–H and O–H groups in total. The number of carbonyl (C=O) groups excluding carboxylic acids is 1. The molecule has 1 aliphatic heterocycles. The lowest BCUT2D eigenvalue weighted by Crippen LogP contribution is -2.60. The Morgan fingerprint density at radius 1 is 0.574 bits per heavy atom. The van der Waals surface area contributed by atoms with Crippen LogP contribution < -0.4 is 5.32 Å². The summed E-state index contributed by atoms with van der Waals surface area (Å²) in [5.41, 5.74) is 0. The van der Waals surface area contributed by atoms with Crippen LogP contribution in [0.4, 0.5) is 0 Å². The van der Waals surface area contributed by atoms with Gasteiger partial charge >= 0.3 is 0 Å². The minimum Gasteiger partial charge on any atom is -0.394 e. The summed E-state index contributed by atoms with van der Waals surface area (Å²) in [6.07, 6.45) is 21.5. The molecular weight excluding hydrogens is 690 g/mol.